The largest absolute Gasteiger partial charge is 0.398 e. The second-order valence-electron chi connectivity index (χ2n) is 4.09. The molecular formula is C12H15ClN2O2. The van der Waals surface area contributed by atoms with Gasteiger partial charge in [-0.25, -0.2) is 0 Å². The van der Waals surface area contributed by atoms with Crippen LogP contribution in [0.3, 0.4) is 0 Å². The van der Waals surface area contributed by atoms with E-state index in [2.05, 4.69) is 0 Å². The molecule has 0 unspecified atom stereocenters. The van der Waals surface area contributed by atoms with Crippen molar-refractivity contribution in [3.8, 4) is 0 Å². The van der Waals surface area contributed by atoms with Crippen LogP contribution in [0, 0.1) is 6.92 Å². The van der Waals surface area contributed by atoms with Crippen molar-refractivity contribution >= 4 is 23.2 Å². The molecule has 0 aromatic heterocycles. The van der Waals surface area contributed by atoms with Crippen molar-refractivity contribution < 1.29 is 9.53 Å². The highest BCUT2D eigenvalue weighted by atomic mass is 35.5. The Morgan fingerprint density at radius 3 is 2.71 bits per heavy atom. The molecule has 4 nitrogen and oxygen atoms in total. The van der Waals surface area contributed by atoms with E-state index in [0.29, 0.717) is 42.6 Å². The molecule has 1 saturated heterocycles. The second kappa shape index (κ2) is 4.94. The molecule has 5 heteroatoms. The fraction of sp³-hybridized carbons (Fsp3) is 0.417. The van der Waals surface area contributed by atoms with Crippen molar-refractivity contribution in [1.82, 2.24) is 4.90 Å². The number of hydrogen-bond donors (Lipinski definition) is 1. The minimum absolute atomic E-state index is 0.00676. The van der Waals surface area contributed by atoms with Gasteiger partial charge in [0.2, 0.25) is 0 Å². The first-order chi connectivity index (χ1) is 8.09. The Hall–Kier alpha value is -1.26. The Balaban J connectivity index is 2.26. The molecule has 2 rings (SSSR count). The maximum atomic E-state index is 12.3. The summed E-state index contributed by atoms with van der Waals surface area (Å²) in [4.78, 5) is 14.0. The minimum atomic E-state index is -0.00676. The number of nitrogens with two attached hydrogens (primary N) is 1. The van der Waals surface area contributed by atoms with E-state index in [4.69, 9.17) is 22.1 Å². The zero-order valence-electron chi connectivity index (χ0n) is 9.70. The monoisotopic (exact) mass is 254 g/mol. The van der Waals surface area contributed by atoms with Gasteiger partial charge in [0, 0.05) is 18.7 Å². The van der Waals surface area contributed by atoms with Gasteiger partial charge in [-0.1, -0.05) is 11.6 Å². The lowest BCUT2D eigenvalue weighted by Crippen LogP contribution is -2.40. The Morgan fingerprint density at radius 1 is 1.41 bits per heavy atom. The number of nitrogens with zero attached hydrogens (tertiary/aromatic N) is 1. The summed E-state index contributed by atoms with van der Waals surface area (Å²) in [7, 11) is 0. The van der Waals surface area contributed by atoms with Gasteiger partial charge in [-0.2, -0.15) is 0 Å². The SMILES string of the molecule is Cc1cc(N)c(Cl)cc1C(=O)N1CCOCC1. The zero-order chi connectivity index (χ0) is 12.4. The van der Waals surface area contributed by atoms with E-state index in [9.17, 15) is 4.79 Å². The molecule has 1 aromatic carbocycles. The van der Waals surface area contributed by atoms with Crippen molar-refractivity contribution in [2.75, 3.05) is 32.0 Å². The van der Waals surface area contributed by atoms with Crippen LogP contribution in [0.1, 0.15) is 15.9 Å². The van der Waals surface area contributed by atoms with Crippen LogP contribution in [-0.4, -0.2) is 37.1 Å². The van der Waals surface area contributed by atoms with Gasteiger partial charge in [-0.3, -0.25) is 4.79 Å². The average molecular weight is 255 g/mol. The fourth-order valence-corrected chi connectivity index (χ4v) is 2.03. The predicted molar refractivity (Wildman–Crippen MR) is 67.3 cm³/mol. The number of anilines is 1. The summed E-state index contributed by atoms with van der Waals surface area (Å²) in [6.07, 6.45) is 0. The van der Waals surface area contributed by atoms with Crippen LogP contribution in [-0.2, 0) is 4.74 Å². The van der Waals surface area contributed by atoms with E-state index in [1.165, 1.54) is 0 Å². The molecule has 0 aliphatic carbocycles. The summed E-state index contributed by atoms with van der Waals surface area (Å²) in [5, 5.41) is 0.423. The number of aryl methyl sites for hydroxylation is 1. The van der Waals surface area contributed by atoms with E-state index in [0.717, 1.165) is 5.56 Å². The van der Waals surface area contributed by atoms with Crippen LogP contribution in [0.4, 0.5) is 5.69 Å². The minimum Gasteiger partial charge on any atom is -0.398 e. The van der Waals surface area contributed by atoms with Gasteiger partial charge in [0.15, 0.2) is 0 Å². The maximum absolute atomic E-state index is 12.3. The Morgan fingerprint density at radius 2 is 2.06 bits per heavy atom. The van der Waals surface area contributed by atoms with E-state index < -0.39 is 0 Å². The summed E-state index contributed by atoms with van der Waals surface area (Å²) < 4.78 is 5.22. The van der Waals surface area contributed by atoms with Crippen molar-refractivity contribution in [2.45, 2.75) is 6.92 Å². The summed E-state index contributed by atoms with van der Waals surface area (Å²) >= 11 is 5.95. The predicted octanol–water partition coefficient (Wildman–Crippen LogP) is 1.70. The number of hydrogen-bond acceptors (Lipinski definition) is 3. The Bertz CT molecular complexity index is 442. The smallest absolute Gasteiger partial charge is 0.254 e. The number of benzene rings is 1. The molecule has 0 bridgehead atoms. The summed E-state index contributed by atoms with van der Waals surface area (Å²) in [5.74, 6) is -0.00676. The molecule has 0 saturated carbocycles. The van der Waals surface area contributed by atoms with Gasteiger partial charge in [0.1, 0.15) is 0 Å². The van der Waals surface area contributed by atoms with Gasteiger partial charge in [0.05, 0.1) is 23.9 Å². The van der Waals surface area contributed by atoms with Crippen molar-refractivity contribution in [2.24, 2.45) is 0 Å². The number of carbonyl (C=O) groups excluding carboxylic acids is 1. The van der Waals surface area contributed by atoms with Crippen LogP contribution in [0.5, 0.6) is 0 Å². The molecule has 1 amide bonds. The van der Waals surface area contributed by atoms with Gasteiger partial charge in [-0.05, 0) is 24.6 Å². The zero-order valence-corrected chi connectivity index (χ0v) is 10.5. The summed E-state index contributed by atoms with van der Waals surface area (Å²) in [6, 6.07) is 3.38. The van der Waals surface area contributed by atoms with Gasteiger partial charge in [-0.15, -0.1) is 0 Å². The van der Waals surface area contributed by atoms with Gasteiger partial charge in [0.25, 0.3) is 5.91 Å². The molecule has 1 aliphatic heterocycles. The number of rotatable bonds is 1. The standard InChI is InChI=1S/C12H15ClN2O2/c1-8-6-11(14)10(13)7-9(8)12(16)15-2-4-17-5-3-15/h6-7H,2-5,14H2,1H3. The first-order valence-electron chi connectivity index (χ1n) is 5.52. The highest BCUT2D eigenvalue weighted by Crippen LogP contribution is 2.24. The van der Waals surface area contributed by atoms with Crippen molar-refractivity contribution in [3.05, 3.63) is 28.3 Å². The Kier molecular flexibility index (Phi) is 3.54. The topological polar surface area (TPSA) is 55.6 Å². The second-order valence-corrected chi connectivity index (χ2v) is 4.50. The average Bonchev–Trinajstić information content (AvgIpc) is 2.34. The number of nitrogen functional groups attached to an aromatic ring is 1. The molecule has 1 aromatic rings. The molecular weight excluding hydrogens is 240 g/mol. The van der Waals surface area contributed by atoms with Gasteiger partial charge >= 0.3 is 0 Å². The van der Waals surface area contributed by atoms with E-state index in [-0.39, 0.29) is 5.91 Å². The number of carbonyl (C=O) groups is 1. The van der Waals surface area contributed by atoms with E-state index >= 15 is 0 Å². The summed E-state index contributed by atoms with van der Waals surface area (Å²) in [6.45, 7) is 4.29. The number of halogens is 1. The third kappa shape index (κ3) is 2.53. The molecule has 1 aliphatic rings. The highest BCUT2D eigenvalue weighted by molar-refractivity contribution is 6.33. The van der Waals surface area contributed by atoms with Crippen molar-refractivity contribution in [3.63, 3.8) is 0 Å². The first-order valence-corrected chi connectivity index (χ1v) is 5.90. The molecule has 1 heterocycles. The number of ether oxygens (including phenoxy) is 1. The van der Waals surface area contributed by atoms with Crippen LogP contribution < -0.4 is 5.73 Å². The molecule has 0 atom stereocenters. The quantitative estimate of drug-likeness (QED) is 0.776. The molecule has 0 radical (unpaired) electrons. The van der Waals surface area contributed by atoms with Crippen LogP contribution in [0.25, 0.3) is 0 Å². The number of morpholine rings is 1. The molecule has 1 fully saturated rings. The summed E-state index contributed by atoms with van der Waals surface area (Å²) in [5.41, 5.74) is 7.66. The fourth-order valence-electron chi connectivity index (χ4n) is 1.87. The molecule has 2 N–H and O–H groups in total. The van der Waals surface area contributed by atoms with E-state index in [1.807, 2.05) is 6.92 Å². The molecule has 0 spiro atoms. The lowest BCUT2D eigenvalue weighted by molar-refractivity contribution is 0.0302. The van der Waals surface area contributed by atoms with Crippen LogP contribution in [0.15, 0.2) is 12.1 Å². The van der Waals surface area contributed by atoms with Crippen molar-refractivity contribution in [1.29, 1.82) is 0 Å². The van der Waals surface area contributed by atoms with E-state index in [1.54, 1.807) is 17.0 Å². The third-order valence-electron chi connectivity index (χ3n) is 2.87. The maximum Gasteiger partial charge on any atom is 0.254 e. The van der Waals surface area contributed by atoms with Crippen LogP contribution >= 0.6 is 11.6 Å². The Labute approximate surface area is 105 Å². The lowest BCUT2D eigenvalue weighted by Gasteiger charge is -2.27. The first kappa shape index (κ1) is 12.2. The van der Waals surface area contributed by atoms with Crippen LogP contribution in [0.2, 0.25) is 5.02 Å². The molecule has 92 valence electrons. The third-order valence-corrected chi connectivity index (χ3v) is 3.20. The highest BCUT2D eigenvalue weighted by Gasteiger charge is 2.20. The van der Waals surface area contributed by atoms with Gasteiger partial charge < -0.3 is 15.4 Å². The number of amides is 1. The molecule has 17 heavy (non-hydrogen) atoms. The lowest BCUT2D eigenvalue weighted by atomic mass is 10.1. The normalized spacial score (nSPS) is 16.0.